The van der Waals surface area contributed by atoms with Crippen molar-refractivity contribution >= 4 is 35.2 Å². The Labute approximate surface area is 186 Å². The number of anilines is 1. The molecule has 2 rings (SSSR count). The normalized spacial score (nSPS) is 11.5. The average molecular weight is 445 g/mol. The van der Waals surface area contributed by atoms with Crippen LogP contribution in [-0.2, 0) is 14.3 Å². The third kappa shape index (κ3) is 7.64. The fourth-order valence-corrected chi connectivity index (χ4v) is 3.48. The molecule has 0 aliphatic carbocycles. The fraction of sp³-hybridized carbons (Fsp3) is 0.348. The molecular weight excluding hydrogens is 416 g/mol. The van der Waals surface area contributed by atoms with Gasteiger partial charge in [-0.25, -0.2) is 4.79 Å². The van der Waals surface area contributed by atoms with Crippen LogP contribution in [0.25, 0.3) is 0 Å². The second-order valence-corrected chi connectivity index (χ2v) is 7.99. The van der Waals surface area contributed by atoms with Gasteiger partial charge in [0.1, 0.15) is 5.75 Å². The van der Waals surface area contributed by atoms with Crippen LogP contribution in [0.2, 0.25) is 0 Å². The lowest BCUT2D eigenvalue weighted by Crippen LogP contribution is -2.31. The fourth-order valence-electron chi connectivity index (χ4n) is 2.63. The average Bonchev–Trinajstić information content (AvgIpc) is 2.73. The Hall–Kier alpha value is -3.00. The Kier molecular flexibility index (Phi) is 9.40. The molecule has 0 aromatic heterocycles. The zero-order chi connectivity index (χ0) is 22.8. The molecule has 0 heterocycles. The van der Waals surface area contributed by atoms with Gasteiger partial charge in [-0.2, -0.15) is 0 Å². The summed E-state index contributed by atoms with van der Waals surface area (Å²) in [7, 11) is 0. The number of thioether (sulfide) groups is 1. The molecule has 2 aromatic rings. The van der Waals surface area contributed by atoms with Crippen LogP contribution in [-0.4, -0.2) is 42.3 Å². The van der Waals surface area contributed by atoms with Crippen LogP contribution in [0.3, 0.4) is 0 Å². The molecule has 1 atom stereocenters. The Morgan fingerprint density at radius 1 is 1.00 bits per heavy atom. The first-order valence-corrected chi connectivity index (χ1v) is 11.0. The van der Waals surface area contributed by atoms with Gasteiger partial charge in [-0.1, -0.05) is 24.3 Å². The third-order valence-electron chi connectivity index (χ3n) is 4.01. The number of esters is 1. The summed E-state index contributed by atoms with van der Waals surface area (Å²) < 4.78 is 10.9. The van der Waals surface area contributed by atoms with Crippen LogP contribution in [0.4, 0.5) is 5.69 Å². The summed E-state index contributed by atoms with van der Waals surface area (Å²) in [6, 6.07) is 13.9. The summed E-state index contributed by atoms with van der Waals surface area (Å²) in [5.74, 6) is -0.510. The van der Waals surface area contributed by atoms with E-state index in [1.807, 2.05) is 20.8 Å². The van der Waals surface area contributed by atoms with E-state index in [0.29, 0.717) is 28.5 Å². The van der Waals surface area contributed by atoms with Crippen LogP contribution in [0, 0.1) is 0 Å². The molecule has 1 unspecified atom stereocenters. The molecule has 0 radical (unpaired) electrons. The van der Waals surface area contributed by atoms with Crippen LogP contribution < -0.4 is 15.4 Å². The monoisotopic (exact) mass is 444 g/mol. The van der Waals surface area contributed by atoms with Crippen LogP contribution in [0.15, 0.2) is 53.4 Å². The van der Waals surface area contributed by atoms with Crippen molar-refractivity contribution in [2.75, 3.05) is 17.7 Å². The summed E-state index contributed by atoms with van der Waals surface area (Å²) in [6.07, 6.45) is -1.02. The third-order valence-corrected chi connectivity index (χ3v) is 5.09. The molecule has 0 fully saturated rings. The molecule has 0 saturated carbocycles. The van der Waals surface area contributed by atoms with Crippen molar-refractivity contribution in [2.45, 2.75) is 44.7 Å². The van der Waals surface area contributed by atoms with Gasteiger partial charge in [-0.05, 0) is 52.0 Å². The standard InChI is InChI=1S/C23H28N2O5S/c1-5-29-19-12-8-7-11-18(19)25-22(27)16(4)30-23(28)17-10-6-9-13-20(17)31-14-21(26)24-15(2)3/h6-13,15-16H,5,14H2,1-4H3,(H,24,26)(H,25,27). The van der Waals surface area contributed by atoms with Crippen LogP contribution in [0.5, 0.6) is 5.75 Å². The molecule has 166 valence electrons. The van der Waals surface area contributed by atoms with Crippen molar-refractivity contribution in [1.82, 2.24) is 5.32 Å². The highest BCUT2D eigenvalue weighted by atomic mass is 32.2. The number of hydrogen-bond donors (Lipinski definition) is 2. The minimum Gasteiger partial charge on any atom is -0.492 e. The van der Waals surface area contributed by atoms with Crippen molar-refractivity contribution in [2.24, 2.45) is 0 Å². The molecule has 0 aliphatic heterocycles. The number of benzene rings is 2. The van der Waals surface area contributed by atoms with E-state index in [-0.39, 0.29) is 17.7 Å². The number of carbonyl (C=O) groups is 3. The van der Waals surface area contributed by atoms with Crippen molar-refractivity contribution in [1.29, 1.82) is 0 Å². The first-order chi connectivity index (χ1) is 14.8. The van der Waals surface area contributed by atoms with Crippen molar-refractivity contribution in [3.8, 4) is 5.75 Å². The van der Waals surface area contributed by atoms with Gasteiger partial charge in [-0.3, -0.25) is 9.59 Å². The van der Waals surface area contributed by atoms with Gasteiger partial charge in [0.15, 0.2) is 6.10 Å². The minimum absolute atomic E-state index is 0.0422. The number of amides is 2. The Bertz CT molecular complexity index is 916. The maximum absolute atomic E-state index is 12.7. The highest BCUT2D eigenvalue weighted by Crippen LogP contribution is 2.25. The van der Waals surface area contributed by atoms with Gasteiger partial charge in [0.2, 0.25) is 5.91 Å². The van der Waals surface area contributed by atoms with E-state index in [2.05, 4.69) is 10.6 Å². The van der Waals surface area contributed by atoms with Crippen molar-refractivity contribution in [3.05, 3.63) is 54.1 Å². The summed E-state index contributed by atoms with van der Waals surface area (Å²) in [5, 5.41) is 5.53. The molecular formula is C23H28N2O5S. The topological polar surface area (TPSA) is 93.7 Å². The predicted molar refractivity (Wildman–Crippen MR) is 122 cm³/mol. The van der Waals surface area contributed by atoms with Gasteiger partial charge in [-0.15, -0.1) is 11.8 Å². The second-order valence-electron chi connectivity index (χ2n) is 6.97. The Balaban J connectivity index is 2.01. The number of para-hydroxylation sites is 2. The summed E-state index contributed by atoms with van der Waals surface area (Å²) in [6.45, 7) is 7.58. The van der Waals surface area contributed by atoms with Crippen LogP contribution in [0.1, 0.15) is 38.1 Å². The first-order valence-electron chi connectivity index (χ1n) is 10.1. The molecule has 0 bridgehead atoms. The molecule has 0 saturated heterocycles. The quantitative estimate of drug-likeness (QED) is 0.427. The zero-order valence-electron chi connectivity index (χ0n) is 18.1. The van der Waals surface area contributed by atoms with Gasteiger partial charge in [0.05, 0.1) is 23.6 Å². The summed E-state index contributed by atoms with van der Waals surface area (Å²) in [4.78, 5) is 37.7. The van der Waals surface area contributed by atoms with E-state index < -0.39 is 18.0 Å². The number of nitrogens with one attached hydrogen (secondary N) is 2. The molecule has 7 nitrogen and oxygen atoms in total. The second kappa shape index (κ2) is 12.0. The van der Waals surface area contributed by atoms with E-state index in [1.165, 1.54) is 18.7 Å². The van der Waals surface area contributed by atoms with E-state index in [4.69, 9.17) is 9.47 Å². The maximum atomic E-state index is 12.7. The molecule has 8 heteroatoms. The summed E-state index contributed by atoms with van der Waals surface area (Å²) >= 11 is 1.24. The smallest absolute Gasteiger partial charge is 0.340 e. The minimum atomic E-state index is -1.02. The maximum Gasteiger partial charge on any atom is 0.340 e. The SMILES string of the molecule is CCOc1ccccc1NC(=O)C(C)OC(=O)c1ccccc1SCC(=O)NC(C)C. The lowest BCUT2D eigenvalue weighted by Gasteiger charge is -2.16. The Morgan fingerprint density at radius 3 is 2.39 bits per heavy atom. The van der Waals surface area contributed by atoms with Crippen molar-refractivity contribution in [3.63, 3.8) is 0 Å². The van der Waals surface area contributed by atoms with E-state index in [0.717, 1.165) is 0 Å². The molecule has 0 spiro atoms. The van der Waals surface area contributed by atoms with Gasteiger partial charge >= 0.3 is 5.97 Å². The molecule has 2 N–H and O–H groups in total. The van der Waals surface area contributed by atoms with E-state index in [1.54, 1.807) is 48.5 Å². The largest absolute Gasteiger partial charge is 0.492 e. The Morgan fingerprint density at radius 2 is 1.68 bits per heavy atom. The zero-order valence-corrected chi connectivity index (χ0v) is 19.0. The molecule has 2 amide bonds. The van der Waals surface area contributed by atoms with E-state index in [9.17, 15) is 14.4 Å². The number of rotatable bonds is 10. The summed E-state index contributed by atoms with van der Waals surface area (Å²) in [5.41, 5.74) is 0.809. The van der Waals surface area contributed by atoms with Gasteiger partial charge < -0.3 is 20.1 Å². The first kappa shape index (κ1) is 24.3. The van der Waals surface area contributed by atoms with E-state index >= 15 is 0 Å². The van der Waals surface area contributed by atoms with Gasteiger partial charge in [0, 0.05) is 10.9 Å². The molecule has 31 heavy (non-hydrogen) atoms. The number of hydrogen-bond acceptors (Lipinski definition) is 6. The number of carbonyl (C=O) groups excluding carboxylic acids is 3. The molecule has 2 aromatic carbocycles. The highest BCUT2D eigenvalue weighted by molar-refractivity contribution is 8.00. The number of ether oxygens (including phenoxy) is 2. The highest BCUT2D eigenvalue weighted by Gasteiger charge is 2.22. The lowest BCUT2D eigenvalue weighted by atomic mass is 10.2. The van der Waals surface area contributed by atoms with Gasteiger partial charge in [0.25, 0.3) is 5.91 Å². The molecule has 0 aliphatic rings. The lowest BCUT2D eigenvalue weighted by molar-refractivity contribution is -0.123. The van der Waals surface area contributed by atoms with Crippen molar-refractivity contribution < 1.29 is 23.9 Å². The van der Waals surface area contributed by atoms with Crippen LogP contribution >= 0.6 is 11.8 Å². The predicted octanol–water partition coefficient (Wildman–Crippen LogP) is 3.89.